The van der Waals surface area contributed by atoms with Crippen LogP contribution in [0.25, 0.3) is 5.69 Å². The van der Waals surface area contributed by atoms with Crippen LogP contribution in [-0.2, 0) is 0 Å². The number of rotatable bonds is 3. The molecule has 2 rings (SSSR count). The molecule has 1 N–H and O–H groups in total. The van der Waals surface area contributed by atoms with Crippen LogP contribution in [0, 0.1) is 17.5 Å². The van der Waals surface area contributed by atoms with Gasteiger partial charge in [-0.2, -0.15) is 0 Å². The molecule has 0 atom stereocenters. The number of carbonyl (C=O) groups is 1. The zero-order chi connectivity index (χ0) is 15.0. The first-order valence-corrected chi connectivity index (χ1v) is 5.66. The fourth-order valence-electron chi connectivity index (χ4n) is 1.86. The van der Waals surface area contributed by atoms with Gasteiger partial charge in [-0.1, -0.05) is 19.1 Å². The van der Waals surface area contributed by atoms with Gasteiger partial charge in [0.1, 0.15) is 11.5 Å². The highest BCUT2D eigenvalue weighted by Gasteiger charge is 2.25. The number of hydrogen-bond donors (Lipinski definition) is 1. The van der Waals surface area contributed by atoms with Crippen LogP contribution in [0.3, 0.4) is 0 Å². The van der Waals surface area contributed by atoms with Gasteiger partial charge >= 0.3 is 5.97 Å². The van der Waals surface area contributed by atoms with Gasteiger partial charge in [0.25, 0.3) is 0 Å². The summed E-state index contributed by atoms with van der Waals surface area (Å²) in [6.07, 6.45) is 0. The molecule has 1 aromatic heterocycles. The fraction of sp³-hybridized carbons (Fsp3) is 0.250. The van der Waals surface area contributed by atoms with Crippen molar-refractivity contribution >= 4 is 5.97 Å². The number of aromatic nitrogens is 3. The molecule has 1 heterocycles. The lowest BCUT2D eigenvalue weighted by Gasteiger charge is -2.11. The Bertz CT molecular complexity index is 660. The first-order chi connectivity index (χ1) is 9.32. The number of aromatic carboxylic acids is 1. The average molecular weight is 285 g/mol. The van der Waals surface area contributed by atoms with E-state index in [9.17, 15) is 18.0 Å². The zero-order valence-electron chi connectivity index (χ0n) is 10.6. The standard InChI is InChI=1S/C12H10F3N3O2/c1-5(2)10-9(12(19)20)16-17-18(10)11-7(14)3-6(13)4-8(11)15/h3-5H,1-2H3,(H,19,20). The largest absolute Gasteiger partial charge is 0.476 e. The molecule has 0 spiro atoms. The van der Waals surface area contributed by atoms with E-state index in [1.165, 1.54) is 0 Å². The van der Waals surface area contributed by atoms with Crippen molar-refractivity contribution in [2.24, 2.45) is 0 Å². The number of halogens is 3. The van der Waals surface area contributed by atoms with E-state index in [-0.39, 0.29) is 5.69 Å². The Morgan fingerprint density at radius 3 is 2.25 bits per heavy atom. The van der Waals surface area contributed by atoms with Crippen LogP contribution in [0.1, 0.15) is 35.9 Å². The summed E-state index contributed by atoms with van der Waals surface area (Å²) in [6.45, 7) is 3.25. The highest BCUT2D eigenvalue weighted by atomic mass is 19.1. The van der Waals surface area contributed by atoms with Crippen molar-refractivity contribution in [2.75, 3.05) is 0 Å². The number of hydrogen-bond acceptors (Lipinski definition) is 3. The van der Waals surface area contributed by atoms with Crippen molar-refractivity contribution < 1.29 is 23.1 Å². The third kappa shape index (κ3) is 2.24. The Hall–Kier alpha value is -2.38. The van der Waals surface area contributed by atoms with E-state index in [1.54, 1.807) is 13.8 Å². The molecule has 0 unspecified atom stereocenters. The van der Waals surface area contributed by atoms with Gasteiger partial charge in [-0.25, -0.2) is 22.6 Å². The summed E-state index contributed by atoms with van der Waals surface area (Å²) in [6, 6.07) is 0.981. The number of benzene rings is 1. The monoisotopic (exact) mass is 285 g/mol. The molecule has 0 fully saturated rings. The van der Waals surface area contributed by atoms with Crippen molar-refractivity contribution in [3.05, 3.63) is 41.0 Å². The summed E-state index contributed by atoms with van der Waals surface area (Å²) in [5.74, 6) is -5.21. The van der Waals surface area contributed by atoms with Gasteiger partial charge in [0, 0.05) is 12.1 Å². The molecule has 0 amide bonds. The van der Waals surface area contributed by atoms with Crippen molar-refractivity contribution in [1.82, 2.24) is 15.0 Å². The van der Waals surface area contributed by atoms with Crippen LogP contribution in [0.4, 0.5) is 13.2 Å². The van der Waals surface area contributed by atoms with E-state index in [1.807, 2.05) is 0 Å². The molecular weight excluding hydrogens is 275 g/mol. The molecule has 0 saturated carbocycles. The lowest BCUT2D eigenvalue weighted by Crippen LogP contribution is -2.11. The second-order valence-electron chi connectivity index (χ2n) is 4.41. The summed E-state index contributed by atoms with van der Waals surface area (Å²) in [4.78, 5) is 11.0. The van der Waals surface area contributed by atoms with E-state index >= 15 is 0 Å². The molecule has 0 saturated heterocycles. The molecule has 106 valence electrons. The predicted molar refractivity (Wildman–Crippen MR) is 62.3 cm³/mol. The summed E-state index contributed by atoms with van der Waals surface area (Å²) in [5, 5.41) is 15.9. The molecule has 0 aliphatic rings. The third-order valence-corrected chi connectivity index (χ3v) is 2.65. The minimum atomic E-state index is -1.36. The maximum absolute atomic E-state index is 13.7. The maximum Gasteiger partial charge on any atom is 0.358 e. The van der Waals surface area contributed by atoms with Crippen LogP contribution in [0.2, 0.25) is 0 Å². The number of nitrogens with zero attached hydrogens (tertiary/aromatic N) is 3. The van der Waals surface area contributed by atoms with E-state index in [4.69, 9.17) is 5.11 Å². The first kappa shape index (κ1) is 14.0. The van der Waals surface area contributed by atoms with Crippen LogP contribution in [-0.4, -0.2) is 26.1 Å². The van der Waals surface area contributed by atoms with E-state index in [0.29, 0.717) is 12.1 Å². The second-order valence-corrected chi connectivity index (χ2v) is 4.41. The van der Waals surface area contributed by atoms with E-state index in [0.717, 1.165) is 4.68 Å². The Morgan fingerprint density at radius 2 is 1.80 bits per heavy atom. The van der Waals surface area contributed by atoms with Gasteiger partial charge in [-0.05, 0) is 5.92 Å². The van der Waals surface area contributed by atoms with Gasteiger partial charge < -0.3 is 5.11 Å². The topological polar surface area (TPSA) is 68.0 Å². The summed E-state index contributed by atoms with van der Waals surface area (Å²) >= 11 is 0. The molecule has 0 aliphatic heterocycles. The minimum Gasteiger partial charge on any atom is -0.476 e. The highest BCUT2D eigenvalue weighted by molar-refractivity contribution is 5.86. The lowest BCUT2D eigenvalue weighted by molar-refractivity contribution is 0.0688. The molecule has 0 aliphatic carbocycles. The van der Waals surface area contributed by atoms with Crippen molar-refractivity contribution in [3.8, 4) is 5.69 Å². The lowest BCUT2D eigenvalue weighted by atomic mass is 10.1. The summed E-state index contributed by atoms with van der Waals surface area (Å²) in [5.41, 5.74) is -1.03. The van der Waals surface area contributed by atoms with Crippen molar-refractivity contribution in [2.45, 2.75) is 19.8 Å². The van der Waals surface area contributed by atoms with Crippen molar-refractivity contribution in [1.29, 1.82) is 0 Å². The Labute approximate surface area is 111 Å². The third-order valence-electron chi connectivity index (χ3n) is 2.65. The van der Waals surface area contributed by atoms with E-state index < -0.39 is 40.7 Å². The smallest absolute Gasteiger partial charge is 0.358 e. The molecular formula is C12H10F3N3O2. The Morgan fingerprint density at radius 1 is 1.25 bits per heavy atom. The second kappa shape index (κ2) is 4.95. The molecule has 0 radical (unpaired) electrons. The number of carboxylic acid groups (broad SMARTS) is 1. The normalized spacial score (nSPS) is 11.1. The Balaban J connectivity index is 2.74. The van der Waals surface area contributed by atoms with Crippen molar-refractivity contribution in [3.63, 3.8) is 0 Å². The van der Waals surface area contributed by atoms with Gasteiger partial charge in [0.15, 0.2) is 17.3 Å². The summed E-state index contributed by atoms with van der Waals surface area (Å²) < 4.78 is 41.1. The SMILES string of the molecule is CC(C)c1c(C(=O)O)nnn1-c1c(F)cc(F)cc1F. The van der Waals surface area contributed by atoms with Crippen LogP contribution < -0.4 is 0 Å². The Kier molecular flexibility index (Phi) is 3.47. The van der Waals surface area contributed by atoms with Gasteiger partial charge in [0.2, 0.25) is 0 Å². The molecule has 2 aromatic rings. The van der Waals surface area contributed by atoms with Crippen LogP contribution in [0.15, 0.2) is 12.1 Å². The number of carboxylic acids is 1. The molecule has 1 aromatic carbocycles. The van der Waals surface area contributed by atoms with Gasteiger partial charge in [-0.3, -0.25) is 0 Å². The molecule has 5 nitrogen and oxygen atoms in total. The first-order valence-electron chi connectivity index (χ1n) is 5.66. The fourth-order valence-corrected chi connectivity index (χ4v) is 1.86. The van der Waals surface area contributed by atoms with Crippen LogP contribution in [0.5, 0.6) is 0 Å². The predicted octanol–water partition coefficient (Wildman–Crippen LogP) is 2.51. The average Bonchev–Trinajstić information content (AvgIpc) is 2.72. The van der Waals surface area contributed by atoms with E-state index in [2.05, 4.69) is 10.3 Å². The molecule has 8 heteroatoms. The van der Waals surface area contributed by atoms with Gasteiger partial charge in [0.05, 0.1) is 5.69 Å². The maximum atomic E-state index is 13.7. The van der Waals surface area contributed by atoms with Gasteiger partial charge in [-0.15, -0.1) is 5.10 Å². The van der Waals surface area contributed by atoms with Crippen LogP contribution >= 0.6 is 0 Å². The zero-order valence-corrected chi connectivity index (χ0v) is 10.6. The molecule has 0 bridgehead atoms. The molecule has 20 heavy (non-hydrogen) atoms. The quantitative estimate of drug-likeness (QED) is 0.940. The highest BCUT2D eigenvalue weighted by Crippen LogP contribution is 2.25. The minimum absolute atomic E-state index is 0.0295. The summed E-state index contributed by atoms with van der Waals surface area (Å²) in [7, 11) is 0.